The van der Waals surface area contributed by atoms with E-state index in [2.05, 4.69) is 16.3 Å². The quantitative estimate of drug-likeness (QED) is 0.497. The average molecular weight is 482 g/mol. The van der Waals surface area contributed by atoms with Crippen LogP contribution in [-0.2, 0) is 17.9 Å². The minimum Gasteiger partial charge on any atom is -0.489 e. The highest BCUT2D eigenvalue weighted by molar-refractivity contribution is 6.35. The Labute approximate surface area is 195 Å². The van der Waals surface area contributed by atoms with Crippen LogP contribution in [0.2, 0.25) is 10.0 Å². The van der Waals surface area contributed by atoms with E-state index >= 15 is 0 Å². The molecule has 3 rings (SSSR count). The molecule has 2 aromatic carbocycles. The number of nitrogens with zero attached hydrogens (tertiary/aromatic N) is 1. The third-order valence-corrected chi connectivity index (χ3v) is 5.20. The first-order chi connectivity index (χ1) is 13.2. The highest BCUT2D eigenvalue weighted by Crippen LogP contribution is 2.24. The predicted octanol–water partition coefficient (Wildman–Crippen LogP) is 5.23. The summed E-state index contributed by atoms with van der Waals surface area (Å²) >= 11 is 12.2. The van der Waals surface area contributed by atoms with Gasteiger partial charge in [-0.1, -0.05) is 47.5 Å². The fourth-order valence-corrected chi connectivity index (χ4v) is 3.52. The maximum absolute atomic E-state index is 6.23. The number of para-hydroxylation sites is 1. The Bertz CT molecular complexity index is 728. The van der Waals surface area contributed by atoms with Crippen LogP contribution in [0.3, 0.4) is 0 Å². The Morgan fingerprint density at radius 1 is 1.00 bits per heavy atom. The number of rotatable bonds is 9. The molecule has 0 spiro atoms. The summed E-state index contributed by atoms with van der Waals surface area (Å²) in [7, 11) is 0. The fraction of sp³-hybridized carbons (Fsp3) is 0.429. The summed E-state index contributed by atoms with van der Waals surface area (Å²) in [5, 5.41) is 4.77. The first-order valence-corrected chi connectivity index (χ1v) is 10.1. The van der Waals surface area contributed by atoms with Gasteiger partial charge in [0, 0.05) is 40.8 Å². The topological polar surface area (TPSA) is 33.7 Å². The number of hydrogen-bond acceptors (Lipinski definition) is 4. The summed E-state index contributed by atoms with van der Waals surface area (Å²) < 4.78 is 11.4. The molecule has 8 heteroatoms. The van der Waals surface area contributed by atoms with Gasteiger partial charge in [0.2, 0.25) is 0 Å². The lowest BCUT2D eigenvalue weighted by molar-refractivity contribution is 0.0374. The first kappa shape index (κ1) is 26.3. The van der Waals surface area contributed by atoms with E-state index in [1.165, 1.54) is 0 Å². The molecule has 0 bridgehead atoms. The highest BCUT2D eigenvalue weighted by atomic mass is 35.5. The van der Waals surface area contributed by atoms with Crippen molar-refractivity contribution in [3.63, 3.8) is 0 Å². The molecular weight excluding hydrogens is 454 g/mol. The smallest absolute Gasteiger partial charge is 0.124 e. The Morgan fingerprint density at radius 3 is 2.52 bits per heavy atom. The van der Waals surface area contributed by atoms with Gasteiger partial charge in [0.1, 0.15) is 12.4 Å². The number of morpholine rings is 1. The van der Waals surface area contributed by atoms with Crippen molar-refractivity contribution in [1.82, 2.24) is 10.2 Å². The third-order valence-electron chi connectivity index (χ3n) is 4.62. The van der Waals surface area contributed by atoms with E-state index in [9.17, 15) is 0 Å². The Kier molecular flexibility index (Phi) is 13.0. The third kappa shape index (κ3) is 8.89. The molecule has 2 aromatic rings. The molecule has 1 saturated heterocycles. The lowest BCUT2D eigenvalue weighted by Gasteiger charge is -2.26. The van der Waals surface area contributed by atoms with E-state index < -0.39 is 0 Å². The zero-order chi connectivity index (χ0) is 18.9. The second-order valence-electron chi connectivity index (χ2n) is 6.62. The van der Waals surface area contributed by atoms with E-state index in [0.717, 1.165) is 69.2 Å². The Morgan fingerprint density at radius 2 is 1.76 bits per heavy atom. The summed E-state index contributed by atoms with van der Waals surface area (Å²) in [5.74, 6) is 0.879. The largest absolute Gasteiger partial charge is 0.489 e. The second-order valence-corrected chi connectivity index (χ2v) is 7.46. The zero-order valence-electron chi connectivity index (χ0n) is 16.2. The van der Waals surface area contributed by atoms with Crippen LogP contribution in [0.15, 0.2) is 42.5 Å². The lowest BCUT2D eigenvalue weighted by Crippen LogP contribution is -2.37. The Balaban J connectivity index is 0.00000210. The Hall–Kier alpha value is -0.720. The van der Waals surface area contributed by atoms with Crippen molar-refractivity contribution < 1.29 is 9.47 Å². The van der Waals surface area contributed by atoms with E-state index in [1.54, 1.807) is 6.07 Å². The minimum atomic E-state index is 0. The number of benzene rings is 2. The predicted molar refractivity (Wildman–Crippen MR) is 125 cm³/mol. The molecule has 0 unspecified atom stereocenters. The molecule has 0 atom stereocenters. The van der Waals surface area contributed by atoms with Crippen molar-refractivity contribution in [2.45, 2.75) is 19.6 Å². The van der Waals surface area contributed by atoms with Gasteiger partial charge in [0.15, 0.2) is 0 Å². The molecule has 0 aromatic heterocycles. The summed E-state index contributed by atoms with van der Waals surface area (Å²) in [6.45, 7) is 7.11. The SMILES string of the molecule is Cl.Cl.Clc1ccc(COc2ccccc2CNCCCN2CCOCC2)c(Cl)c1. The fourth-order valence-electron chi connectivity index (χ4n) is 3.06. The van der Waals surface area contributed by atoms with Gasteiger partial charge in [-0.05, 0) is 37.7 Å². The molecule has 0 saturated carbocycles. The molecule has 1 fully saturated rings. The molecule has 1 aliphatic heterocycles. The maximum Gasteiger partial charge on any atom is 0.124 e. The lowest BCUT2D eigenvalue weighted by atomic mass is 10.2. The molecule has 1 aliphatic rings. The number of hydrogen-bond donors (Lipinski definition) is 1. The van der Waals surface area contributed by atoms with Gasteiger partial charge >= 0.3 is 0 Å². The number of ether oxygens (including phenoxy) is 2. The zero-order valence-corrected chi connectivity index (χ0v) is 19.4. The van der Waals surface area contributed by atoms with Crippen molar-refractivity contribution in [1.29, 1.82) is 0 Å². The molecule has 0 aliphatic carbocycles. The molecule has 29 heavy (non-hydrogen) atoms. The van der Waals surface area contributed by atoms with Crippen LogP contribution >= 0.6 is 48.0 Å². The molecule has 0 amide bonds. The summed E-state index contributed by atoms with van der Waals surface area (Å²) in [4.78, 5) is 2.46. The van der Waals surface area contributed by atoms with Crippen LogP contribution in [0.25, 0.3) is 0 Å². The molecule has 1 N–H and O–H groups in total. The number of nitrogens with one attached hydrogen (secondary N) is 1. The normalized spacial score (nSPS) is 14.0. The minimum absolute atomic E-state index is 0. The van der Waals surface area contributed by atoms with Crippen LogP contribution in [0.4, 0.5) is 0 Å². The van der Waals surface area contributed by atoms with Gasteiger partial charge in [-0.2, -0.15) is 0 Å². The highest BCUT2D eigenvalue weighted by Gasteiger charge is 2.09. The second kappa shape index (κ2) is 14.3. The van der Waals surface area contributed by atoms with Crippen molar-refractivity contribution >= 4 is 48.0 Å². The van der Waals surface area contributed by atoms with Gasteiger partial charge in [0.25, 0.3) is 0 Å². The van der Waals surface area contributed by atoms with Gasteiger partial charge < -0.3 is 14.8 Å². The van der Waals surface area contributed by atoms with Crippen molar-refractivity contribution in [2.24, 2.45) is 0 Å². The summed E-state index contributed by atoms with van der Waals surface area (Å²) in [6, 6.07) is 13.6. The standard InChI is InChI=1S/C21H26Cl2N2O2.2ClH/c22-19-7-6-18(20(23)14-19)16-27-21-5-2-1-4-17(21)15-24-8-3-9-25-10-12-26-13-11-25;;/h1-2,4-7,14,24H,3,8-13,15-16H2;2*1H. The van der Waals surface area contributed by atoms with Crippen LogP contribution in [0, 0.1) is 0 Å². The molecule has 1 heterocycles. The summed E-state index contributed by atoms with van der Waals surface area (Å²) in [6.07, 6.45) is 1.13. The van der Waals surface area contributed by atoms with Crippen molar-refractivity contribution in [3.8, 4) is 5.75 Å². The van der Waals surface area contributed by atoms with E-state index in [4.69, 9.17) is 32.7 Å². The summed E-state index contributed by atoms with van der Waals surface area (Å²) in [5.41, 5.74) is 2.07. The van der Waals surface area contributed by atoms with Crippen molar-refractivity contribution in [3.05, 3.63) is 63.6 Å². The maximum atomic E-state index is 6.23. The van der Waals surface area contributed by atoms with Gasteiger partial charge in [0.05, 0.1) is 13.2 Å². The van der Waals surface area contributed by atoms with Crippen LogP contribution in [0.5, 0.6) is 5.75 Å². The molecule has 162 valence electrons. The number of halogens is 4. The van der Waals surface area contributed by atoms with Gasteiger partial charge in [-0.25, -0.2) is 0 Å². The van der Waals surface area contributed by atoms with Crippen LogP contribution < -0.4 is 10.1 Å². The van der Waals surface area contributed by atoms with Gasteiger partial charge in [-0.15, -0.1) is 24.8 Å². The van der Waals surface area contributed by atoms with Crippen LogP contribution in [-0.4, -0.2) is 44.3 Å². The molecular formula is C21H28Cl4N2O2. The molecule has 4 nitrogen and oxygen atoms in total. The van der Waals surface area contributed by atoms with Crippen molar-refractivity contribution in [2.75, 3.05) is 39.4 Å². The van der Waals surface area contributed by atoms with E-state index in [1.807, 2.05) is 30.3 Å². The van der Waals surface area contributed by atoms with Gasteiger partial charge in [-0.3, -0.25) is 4.90 Å². The molecule has 0 radical (unpaired) electrons. The average Bonchev–Trinajstić information content (AvgIpc) is 2.69. The first-order valence-electron chi connectivity index (χ1n) is 9.38. The van der Waals surface area contributed by atoms with E-state index in [0.29, 0.717) is 16.7 Å². The van der Waals surface area contributed by atoms with Crippen LogP contribution in [0.1, 0.15) is 17.5 Å². The monoisotopic (exact) mass is 480 g/mol. The van der Waals surface area contributed by atoms with E-state index in [-0.39, 0.29) is 24.8 Å².